The first-order chi connectivity index (χ1) is 38.9. The fourth-order valence-corrected chi connectivity index (χ4v) is 10.5. The van der Waals surface area contributed by atoms with E-state index >= 15 is 0 Å². The molecule has 0 aromatic rings. The molecule has 0 aromatic carbocycles. The zero-order valence-corrected chi connectivity index (χ0v) is 48.4. The van der Waals surface area contributed by atoms with Gasteiger partial charge in [0, 0.05) is 19.8 Å². The minimum absolute atomic E-state index is 0.190. The summed E-state index contributed by atoms with van der Waals surface area (Å²) in [6.45, 7) is 2.06. The normalized spacial score (nSPS) is 30.6. The molecule has 3 saturated heterocycles. The minimum Gasteiger partial charge on any atom is -0.477 e. The van der Waals surface area contributed by atoms with Gasteiger partial charge in [-0.25, -0.2) is 4.79 Å². The summed E-state index contributed by atoms with van der Waals surface area (Å²) in [6, 6.07) is -2.62. The molecule has 3 aliphatic rings. The second kappa shape index (κ2) is 40.5. The van der Waals surface area contributed by atoms with Crippen LogP contribution in [0.1, 0.15) is 188 Å². The molecule has 18 atom stereocenters. The number of aliphatic hydroxyl groups is 11. The molecule has 18 unspecified atom stereocenters. The lowest BCUT2D eigenvalue weighted by Crippen LogP contribution is -2.70. The lowest BCUT2D eigenvalue weighted by molar-refractivity contribution is -0.386. The first-order valence-corrected chi connectivity index (χ1v) is 30.2. The minimum atomic E-state index is -3.08. The van der Waals surface area contributed by atoms with Crippen LogP contribution in [0.4, 0.5) is 0 Å². The molecule has 0 spiro atoms. The zero-order chi connectivity index (χ0) is 59.7. The van der Waals surface area contributed by atoms with Crippen LogP contribution >= 0.6 is 0 Å². The number of allylic oxidation sites excluding steroid dienone is 3. The van der Waals surface area contributed by atoms with Gasteiger partial charge < -0.3 is 100 Å². The highest BCUT2D eigenvalue weighted by Crippen LogP contribution is 2.38. The molecule has 0 aliphatic carbocycles. The van der Waals surface area contributed by atoms with Crippen LogP contribution in [0.2, 0.25) is 0 Å². The standard InChI is InChI=1S/C58H104N2O21/c1-4-6-8-10-12-14-16-17-18-19-20-22-24-26-28-30-32-45(68)60-39(40(65)31-29-27-25-23-21-15-13-11-9-7-5-2)37-76-55-50(72)49(71)52(44(36-63)78-55)79-56-51(73)54(48(70)43(35-62)77-56)81-58(57(74)75)33-41(66)46(59-38(3)64)53(80-58)47(69)42(67)34-61/h18-19,29,31,39-44,46-56,61-63,65-67,69-73H,4-17,20-28,30,32-37H2,1-3H3,(H,59,64)(H,60,68)(H,74,75)/b19-18-,31-29+. The van der Waals surface area contributed by atoms with Crippen molar-refractivity contribution in [2.24, 2.45) is 0 Å². The van der Waals surface area contributed by atoms with Gasteiger partial charge in [0.1, 0.15) is 67.1 Å². The fraction of sp³-hybridized carbons (Fsp3) is 0.879. The Morgan fingerprint density at radius 1 is 0.642 bits per heavy atom. The van der Waals surface area contributed by atoms with E-state index in [1.54, 1.807) is 6.08 Å². The highest BCUT2D eigenvalue weighted by Gasteiger charge is 2.60. The van der Waals surface area contributed by atoms with Crippen molar-refractivity contribution in [3.05, 3.63) is 24.3 Å². The topological polar surface area (TPSA) is 373 Å². The SMILES string of the molecule is CCCCCCCCC/C=C\CCCCCCCC(=O)NC(COC1OC(CO)C(OC2OC(CO)C(O)C(OC3(C(=O)O)CC(O)C(NC(C)=O)C(C(O)C(O)CO)O3)C2O)C(O)C1O)C(O)/C=C/CCCCCCCCCCC. The number of amides is 2. The number of carbonyl (C=O) groups is 3. The van der Waals surface area contributed by atoms with Gasteiger partial charge in [0.2, 0.25) is 11.8 Å². The number of carboxylic acid groups (broad SMARTS) is 1. The van der Waals surface area contributed by atoms with E-state index in [1.807, 2.05) is 6.08 Å². The van der Waals surface area contributed by atoms with Crippen molar-refractivity contribution in [2.45, 2.75) is 298 Å². The van der Waals surface area contributed by atoms with Crippen LogP contribution in [-0.4, -0.2) is 215 Å². The van der Waals surface area contributed by atoms with E-state index in [9.17, 15) is 75.7 Å². The third kappa shape index (κ3) is 25.0. The average Bonchev–Trinajstić information content (AvgIpc) is 3.51. The van der Waals surface area contributed by atoms with Crippen LogP contribution in [-0.2, 0) is 42.8 Å². The summed E-state index contributed by atoms with van der Waals surface area (Å²) in [5, 5.41) is 135. The lowest BCUT2D eigenvalue weighted by Gasteiger charge is -2.50. The predicted octanol–water partition coefficient (Wildman–Crippen LogP) is 2.55. The van der Waals surface area contributed by atoms with Gasteiger partial charge in [-0.1, -0.05) is 147 Å². The first-order valence-electron chi connectivity index (χ1n) is 30.2. The van der Waals surface area contributed by atoms with Crippen molar-refractivity contribution in [3.63, 3.8) is 0 Å². The second-order valence-electron chi connectivity index (χ2n) is 22.2. The van der Waals surface area contributed by atoms with Crippen molar-refractivity contribution in [1.82, 2.24) is 10.6 Å². The van der Waals surface area contributed by atoms with Crippen LogP contribution in [0.3, 0.4) is 0 Å². The molecule has 3 heterocycles. The quantitative estimate of drug-likeness (QED) is 0.0308. The van der Waals surface area contributed by atoms with E-state index in [2.05, 4.69) is 36.6 Å². The molecule has 0 radical (unpaired) electrons. The predicted molar refractivity (Wildman–Crippen MR) is 297 cm³/mol. The number of hydrogen-bond donors (Lipinski definition) is 14. The molecule has 3 aliphatic heterocycles. The van der Waals surface area contributed by atoms with Gasteiger partial charge in [-0.2, -0.15) is 0 Å². The Morgan fingerprint density at radius 2 is 1.16 bits per heavy atom. The molecule has 3 rings (SSSR count). The Labute approximate surface area is 479 Å². The maximum atomic E-state index is 13.3. The van der Waals surface area contributed by atoms with Gasteiger partial charge >= 0.3 is 5.97 Å². The Bertz CT molecular complexity index is 1770. The summed E-state index contributed by atoms with van der Waals surface area (Å²) in [5.74, 6) is -6.16. The Hall–Kier alpha value is -2.79. The molecule has 0 saturated carbocycles. The van der Waals surface area contributed by atoms with Crippen LogP contribution in [0.15, 0.2) is 24.3 Å². The van der Waals surface area contributed by atoms with Crippen LogP contribution in [0, 0.1) is 0 Å². The number of hydrogen-bond acceptors (Lipinski definition) is 20. The molecule has 23 heteroatoms. The fourth-order valence-electron chi connectivity index (χ4n) is 10.5. The summed E-state index contributed by atoms with van der Waals surface area (Å²) in [4.78, 5) is 38.3. The summed E-state index contributed by atoms with van der Waals surface area (Å²) < 4.78 is 34.6. The summed E-state index contributed by atoms with van der Waals surface area (Å²) >= 11 is 0. The van der Waals surface area contributed by atoms with Crippen LogP contribution in [0.25, 0.3) is 0 Å². The number of ether oxygens (including phenoxy) is 6. The molecular weight excluding hydrogens is 1060 g/mol. The highest BCUT2D eigenvalue weighted by molar-refractivity contribution is 5.77. The third-order valence-corrected chi connectivity index (χ3v) is 15.4. The van der Waals surface area contributed by atoms with Crippen molar-refractivity contribution in [3.8, 4) is 0 Å². The van der Waals surface area contributed by atoms with Gasteiger partial charge in [0.15, 0.2) is 12.6 Å². The largest absolute Gasteiger partial charge is 0.477 e. The van der Waals surface area contributed by atoms with Gasteiger partial charge in [-0.15, -0.1) is 0 Å². The van der Waals surface area contributed by atoms with Gasteiger partial charge in [-0.3, -0.25) is 9.59 Å². The smallest absolute Gasteiger partial charge is 0.364 e. The molecule has 3 fully saturated rings. The third-order valence-electron chi connectivity index (χ3n) is 15.4. The van der Waals surface area contributed by atoms with E-state index in [4.69, 9.17) is 28.4 Å². The molecule has 472 valence electrons. The second-order valence-corrected chi connectivity index (χ2v) is 22.2. The summed E-state index contributed by atoms with van der Waals surface area (Å²) in [7, 11) is 0. The van der Waals surface area contributed by atoms with E-state index in [1.165, 1.54) is 83.5 Å². The summed E-state index contributed by atoms with van der Waals surface area (Å²) in [5.41, 5.74) is 0. The van der Waals surface area contributed by atoms with Crippen molar-refractivity contribution in [2.75, 3.05) is 26.4 Å². The van der Waals surface area contributed by atoms with E-state index in [-0.39, 0.29) is 12.3 Å². The molecule has 81 heavy (non-hydrogen) atoms. The maximum Gasteiger partial charge on any atom is 0.364 e. The van der Waals surface area contributed by atoms with Gasteiger partial charge in [0.25, 0.3) is 5.79 Å². The molecule has 0 bridgehead atoms. The van der Waals surface area contributed by atoms with Gasteiger partial charge in [-0.05, 0) is 44.9 Å². The molecule has 0 aromatic heterocycles. The Morgan fingerprint density at radius 3 is 1.68 bits per heavy atom. The number of aliphatic carboxylic acids is 1. The van der Waals surface area contributed by atoms with Crippen molar-refractivity contribution >= 4 is 17.8 Å². The van der Waals surface area contributed by atoms with E-state index < -0.39 is 155 Å². The highest BCUT2D eigenvalue weighted by atomic mass is 16.8. The molecular formula is C58H104N2O21. The van der Waals surface area contributed by atoms with Crippen LogP contribution < -0.4 is 10.6 Å². The van der Waals surface area contributed by atoms with Crippen LogP contribution in [0.5, 0.6) is 0 Å². The lowest BCUT2D eigenvalue weighted by atomic mass is 9.88. The number of rotatable bonds is 43. The monoisotopic (exact) mass is 1160 g/mol. The van der Waals surface area contributed by atoms with Gasteiger partial charge in [0.05, 0.1) is 50.7 Å². The number of carbonyl (C=O) groups excluding carboxylic acids is 2. The molecule has 14 N–H and O–H groups in total. The number of aliphatic hydroxyl groups excluding tert-OH is 11. The number of carboxylic acids is 1. The maximum absolute atomic E-state index is 13.3. The summed E-state index contributed by atoms with van der Waals surface area (Å²) in [6.07, 6.45) is 5.41. The Kier molecular flexibility index (Phi) is 36.2. The van der Waals surface area contributed by atoms with E-state index in [0.717, 1.165) is 64.7 Å². The first kappa shape index (κ1) is 72.5. The molecule has 23 nitrogen and oxygen atoms in total. The Balaban J connectivity index is 1.67. The van der Waals surface area contributed by atoms with Crippen molar-refractivity contribution < 1.29 is 104 Å². The molecule has 2 amide bonds. The average molecular weight is 1170 g/mol. The number of nitrogens with one attached hydrogen (secondary N) is 2. The number of unbranched alkanes of at least 4 members (excludes halogenated alkanes) is 21. The van der Waals surface area contributed by atoms with Crippen molar-refractivity contribution in [1.29, 1.82) is 0 Å². The van der Waals surface area contributed by atoms with E-state index in [0.29, 0.717) is 12.8 Å². The zero-order valence-electron chi connectivity index (χ0n) is 48.4.